The van der Waals surface area contributed by atoms with Gasteiger partial charge in [0, 0.05) is 23.7 Å². The minimum absolute atomic E-state index is 0.0474. The summed E-state index contributed by atoms with van der Waals surface area (Å²) in [6.07, 6.45) is 0.654. The Morgan fingerprint density at radius 2 is 1.96 bits per heavy atom. The van der Waals surface area contributed by atoms with Gasteiger partial charge >= 0.3 is 0 Å². The van der Waals surface area contributed by atoms with Crippen molar-refractivity contribution in [1.29, 1.82) is 0 Å². The molecule has 0 saturated heterocycles. The number of halogens is 1. The summed E-state index contributed by atoms with van der Waals surface area (Å²) in [6.45, 7) is 2.23. The van der Waals surface area contributed by atoms with E-state index in [1.165, 1.54) is 12.1 Å². The van der Waals surface area contributed by atoms with E-state index in [9.17, 15) is 13.2 Å². The molecule has 1 atom stereocenters. The van der Waals surface area contributed by atoms with Crippen LogP contribution in [0, 0.1) is 0 Å². The molecular formula is C19H20ClN3O4S. The summed E-state index contributed by atoms with van der Waals surface area (Å²) in [6, 6.07) is 12.7. The van der Waals surface area contributed by atoms with E-state index in [1.807, 2.05) is 0 Å². The van der Waals surface area contributed by atoms with Gasteiger partial charge in [0.15, 0.2) is 6.10 Å². The van der Waals surface area contributed by atoms with Gasteiger partial charge in [0.05, 0.1) is 4.90 Å². The lowest BCUT2D eigenvalue weighted by molar-refractivity contribution is -0.122. The summed E-state index contributed by atoms with van der Waals surface area (Å²) >= 11 is 5.83. The first-order valence-corrected chi connectivity index (χ1v) is 10.6. The summed E-state index contributed by atoms with van der Waals surface area (Å²) in [7, 11) is -3.75. The lowest BCUT2D eigenvalue weighted by Crippen LogP contribution is -2.31. The van der Waals surface area contributed by atoms with Crippen LogP contribution in [0.5, 0.6) is 5.75 Å². The molecule has 1 heterocycles. The number of rotatable bonds is 6. The van der Waals surface area contributed by atoms with Crippen LogP contribution in [0.3, 0.4) is 0 Å². The SMILES string of the molecule is C[C@H](Oc1ccc(Cl)cc1)C(=O)Nc1cccc(S(=O)(=O)NC2=NCCC2)c1. The number of nitrogens with one attached hydrogen (secondary N) is 2. The summed E-state index contributed by atoms with van der Waals surface area (Å²) in [4.78, 5) is 16.5. The highest BCUT2D eigenvalue weighted by atomic mass is 35.5. The van der Waals surface area contributed by atoms with Gasteiger partial charge in [0.25, 0.3) is 15.9 Å². The van der Waals surface area contributed by atoms with Gasteiger partial charge in [0.1, 0.15) is 11.6 Å². The zero-order valence-electron chi connectivity index (χ0n) is 15.2. The van der Waals surface area contributed by atoms with E-state index in [1.54, 1.807) is 43.3 Å². The predicted octanol–water partition coefficient (Wildman–Crippen LogP) is 3.22. The number of hydrogen-bond acceptors (Lipinski definition) is 5. The number of aliphatic imine (C=N–C) groups is 1. The standard InChI is InChI=1S/C19H20ClN3O4S/c1-13(27-16-9-7-14(20)8-10-16)19(24)22-15-4-2-5-17(12-15)28(25,26)23-18-6-3-11-21-18/h2,4-5,7-10,12-13H,3,6,11H2,1H3,(H,21,23)(H,22,24)/t13-/m0/s1. The molecule has 1 amide bonds. The van der Waals surface area contributed by atoms with Gasteiger partial charge in [-0.15, -0.1) is 0 Å². The Bertz CT molecular complexity index is 990. The quantitative estimate of drug-likeness (QED) is 0.748. The van der Waals surface area contributed by atoms with Crippen LogP contribution in [-0.4, -0.2) is 32.8 Å². The third-order valence-corrected chi connectivity index (χ3v) is 5.66. The first-order valence-electron chi connectivity index (χ1n) is 8.73. The van der Waals surface area contributed by atoms with Crippen LogP contribution in [0.15, 0.2) is 58.4 Å². The molecule has 9 heteroatoms. The number of carbonyl (C=O) groups is 1. The highest BCUT2D eigenvalue weighted by Gasteiger charge is 2.20. The van der Waals surface area contributed by atoms with E-state index < -0.39 is 22.0 Å². The largest absolute Gasteiger partial charge is 0.481 e. The number of carbonyl (C=O) groups excluding carboxylic acids is 1. The fraction of sp³-hybridized carbons (Fsp3) is 0.263. The fourth-order valence-corrected chi connectivity index (χ4v) is 3.85. The molecule has 1 aliphatic rings. The Morgan fingerprint density at radius 1 is 1.21 bits per heavy atom. The molecule has 0 bridgehead atoms. The molecule has 7 nitrogen and oxygen atoms in total. The lowest BCUT2D eigenvalue weighted by Gasteiger charge is -2.15. The highest BCUT2D eigenvalue weighted by molar-refractivity contribution is 7.90. The van der Waals surface area contributed by atoms with Gasteiger partial charge in [-0.1, -0.05) is 17.7 Å². The molecule has 2 aromatic carbocycles. The summed E-state index contributed by atoms with van der Waals surface area (Å²) < 4.78 is 33.0. The van der Waals surface area contributed by atoms with Crippen molar-refractivity contribution >= 4 is 39.1 Å². The molecule has 0 saturated carbocycles. The minimum Gasteiger partial charge on any atom is -0.481 e. The number of ether oxygens (including phenoxy) is 1. The molecular weight excluding hydrogens is 402 g/mol. The van der Waals surface area contributed by atoms with Gasteiger partial charge in [-0.3, -0.25) is 14.5 Å². The van der Waals surface area contributed by atoms with Crippen molar-refractivity contribution in [3.8, 4) is 5.75 Å². The third kappa shape index (κ3) is 5.24. The number of nitrogens with zero attached hydrogens (tertiary/aromatic N) is 1. The molecule has 148 valence electrons. The monoisotopic (exact) mass is 421 g/mol. The number of hydrogen-bond donors (Lipinski definition) is 2. The molecule has 0 unspecified atom stereocenters. The third-order valence-electron chi connectivity index (χ3n) is 4.03. The van der Waals surface area contributed by atoms with E-state index in [0.717, 1.165) is 6.42 Å². The maximum absolute atomic E-state index is 12.5. The zero-order valence-corrected chi connectivity index (χ0v) is 16.8. The Morgan fingerprint density at radius 3 is 2.64 bits per heavy atom. The van der Waals surface area contributed by atoms with E-state index in [0.29, 0.717) is 35.3 Å². The Balaban J connectivity index is 1.66. The molecule has 0 fully saturated rings. The smallest absolute Gasteiger partial charge is 0.265 e. The topological polar surface area (TPSA) is 96.9 Å². The van der Waals surface area contributed by atoms with E-state index in [2.05, 4.69) is 15.0 Å². The number of benzene rings is 2. The van der Waals surface area contributed by atoms with Gasteiger partial charge in [-0.2, -0.15) is 0 Å². The molecule has 2 aromatic rings. The Hall–Kier alpha value is -2.58. The van der Waals surface area contributed by atoms with Crippen molar-refractivity contribution in [2.75, 3.05) is 11.9 Å². The van der Waals surface area contributed by atoms with Gasteiger partial charge < -0.3 is 10.1 Å². The number of anilines is 1. The van der Waals surface area contributed by atoms with Crippen molar-refractivity contribution in [2.24, 2.45) is 4.99 Å². The van der Waals surface area contributed by atoms with E-state index in [4.69, 9.17) is 16.3 Å². The molecule has 0 spiro atoms. The second-order valence-corrected chi connectivity index (χ2v) is 8.39. The summed E-state index contributed by atoms with van der Waals surface area (Å²) in [5.74, 6) is 0.557. The van der Waals surface area contributed by atoms with E-state index >= 15 is 0 Å². The van der Waals surface area contributed by atoms with Crippen molar-refractivity contribution in [3.05, 3.63) is 53.6 Å². The maximum Gasteiger partial charge on any atom is 0.265 e. The maximum atomic E-state index is 12.5. The minimum atomic E-state index is -3.75. The molecule has 0 aliphatic carbocycles. The molecule has 28 heavy (non-hydrogen) atoms. The van der Waals surface area contributed by atoms with Crippen LogP contribution >= 0.6 is 11.6 Å². The second kappa shape index (κ2) is 8.62. The molecule has 0 aromatic heterocycles. The van der Waals surface area contributed by atoms with Gasteiger partial charge in [0.2, 0.25) is 0 Å². The second-order valence-electron chi connectivity index (χ2n) is 6.27. The molecule has 3 rings (SSSR count). The van der Waals surface area contributed by atoms with Crippen molar-refractivity contribution < 1.29 is 17.9 Å². The summed E-state index contributed by atoms with van der Waals surface area (Å²) in [5.41, 5.74) is 0.354. The molecule has 1 aliphatic heterocycles. The van der Waals surface area contributed by atoms with Crippen LogP contribution in [0.1, 0.15) is 19.8 Å². The lowest BCUT2D eigenvalue weighted by atomic mass is 10.3. The van der Waals surface area contributed by atoms with Crippen LogP contribution in [0.4, 0.5) is 5.69 Å². The first-order chi connectivity index (χ1) is 13.3. The van der Waals surface area contributed by atoms with Crippen LogP contribution in [-0.2, 0) is 14.8 Å². The van der Waals surface area contributed by atoms with Gasteiger partial charge in [-0.05, 0) is 55.8 Å². The normalized spacial score (nSPS) is 14.9. The van der Waals surface area contributed by atoms with Crippen molar-refractivity contribution in [1.82, 2.24) is 4.72 Å². The van der Waals surface area contributed by atoms with Crippen molar-refractivity contribution in [3.63, 3.8) is 0 Å². The molecule has 0 radical (unpaired) electrons. The number of amides is 1. The van der Waals surface area contributed by atoms with Crippen LogP contribution in [0.25, 0.3) is 0 Å². The average Bonchev–Trinajstić information content (AvgIpc) is 3.16. The number of sulfonamides is 1. The van der Waals surface area contributed by atoms with Crippen molar-refractivity contribution in [2.45, 2.75) is 30.8 Å². The van der Waals surface area contributed by atoms with Crippen LogP contribution < -0.4 is 14.8 Å². The van der Waals surface area contributed by atoms with E-state index in [-0.39, 0.29) is 4.90 Å². The van der Waals surface area contributed by atoms with Crippen LogP contribution in [0.2, 0.25) is 5.02 Å². The average molecular weight is 422 g/mol. The Kier molecular flexibility index (Phi) is 6.21. The number of amidine groups is 1. The Labute approximate surface area is 168 Å². The fourth-order valence-electron chi connectivity index (χ4n) is 2.59. The molecule has 2 N–H and O–H groups in total. The predicted molar refractivity (Wildman–Crippen MR) is 108 cm³/mol. The summed E-state index contributed by atoms with van der Waals surface area (Å²) in [5, 5.41) is 3.24. The highest BCUT2D eigenvalue weighted by Crippen LogP contribution is 2.19. The zero-order chi connectivity index (χ0) is 20.1. The van der Waals surface area contributed by atoms with Gasteiger partial charge in [-0.25, -0.2) is 8.42 Å². The first kappa shape index (κ1) is 20.2.